The number of alkyl halides is 2. The summed E-state index contributed by atoms with van der Waals surface area (Å²) in [5.74, 6) is -3.17. The molecule has 2 rings (SSSR count). The van der Waals surface area contributed by atoms with Crippen molar-refractivity contribution < 1.29 is 13.6 Å². The first-order valence-corrected chi connectivity index (χ1v) is 6.92. The summed E-state index contributed by atoms with van der Waals surface area (Å²) in [7, 11) is 0. The van der Waals surface area contributed by atoms with Crippen molar-refractivity contribution in [3.05, 3.63) is 0 Å². The molecule has 0 spiro atoms. The van der Waals surface area contributed by atoms with Crippen LogP contribution in [0.3, 0.4) is 0 Å². The molecule has 5 heteroatoms. The Labute approximate surface area is 107 Å². The average molecular weight is 260 g/mol. The predicted octanol–water partition coefficient (Wildman–Crippen LogP) is 2.02. The Hall–Kier alpha value is -0.710. The molecule has 1 saturated heterocycles. The lowest BCUT2D eigenvalue weighted by molar-refractivity contribution is -0.146. The molecule has 0 bridgehead atoms. The first kappa shape index (κ1) is 13.7. The fraction of sp³-hybridized carbons (Fsp3) is 0.923. The molecule has 0 aromatic carbocycles. The zero-order chi connectivity index (χ0) is 13.2. The van der Waals surface area contributed by atoms with Crippen LogP contribution < -0.4 is 5.32 Å². The number of carbonyl (C=O) groups is 1. The zero-order valence-electron chi connectivity index (χ0n) is 10.9. The molecular formula is C13H22F2N2O. The number of hydrogen-bond donors (Lipinski definition) is 1. The highest BCUT2D eigenvalue weighted by Gasteiger charge is 2.41. The monoisotopic (exact) mass is 260 g/mol. The number of nitrogens with zero attached hydrogens (tertiary/aromatic N) is 1. The topological polar surface area (TPSA) is 32.3 Å². The van der Waals surface area contributed by atoms with Crippen molar-refractivity contribution in [3.63, 3.8) is 0 Å². The van der Waals surface area contributed by atoms with Crippen LogP contribution in [0.1, 0.15) is 39.0 Å². The molecule has 1 unspecified atom stereocenters. The van der Waals surface area contributed by atoms with E-state index < -0.39 is 11.8 Å². The molecule has 0 aromatic rings. The summed E-state index contributed by atoms with van der Waals surface area (Å²) in [5.41, 5.74) is 0. The van der Waals surface area contributed by atoms with E-state index in [9.17, 15) is 13.6 Å². The third kappa shape index (κ3) is 2.99. The van der Waals surface area contributed by atoms with Crippen LogP contribution in [-0.2, 0) is 4.79 Å². The van der Waals surface area contributed by atoms with E-state index in [4.69, 9.17) is 0 Å². The maximum Gasteiger partial charge on any atom is 0.248 e. The molecule has 2 aliphatic rings. The Morgan fingerprint density at radius 2 is 2.17 bits per heavy atom. The fourth-order valence-corrected chi connectivity index (χ4v) is 2.82. The van der Waals surface area contributed by atoms with Crippen LogP contribution in [-0.4, -0.2) is 42.4 Å². The highest BCUT2D eigenvalue weighted by molar-refractivity contribution is 5.79. The van der Waals surface area contributed by atoms with Crippen molar-refractivity contribution in [3.8, 4) is 0 Å². The third-order valence-corrected chi connectivity index (χ3v) is 3.94. The van der Waals surface area contributed by atoms with Crippen LogP contribution in [0.15, 0.2) is 0 Å². The summed E-state index contributed by atoms with van der Waals surface area (Å²) in [6.07, 6.45) is 1.65. The van der Waals surface area contributed by atoms with Crippen molar-refractivity contribution in [2.24, 2.45) is 5.92 Å². The quantitative estimate of drug-likeness (QED) is 0.838. The maximum absolute atomic E-state index is 13.4. The van der Waals surface area contributed by atoms with Crippen molar-refractivity contribution >= 4 is 5.91 Å². The molecular weight excluding hydrogens is 238 g/mol. The minimum absolute atomic E-state index is 0.0530. The highest BCUT2D eigenvalue weighted by Crippen LogP contribution is 2.37. The van der Waals surface area contributed by atoms with Gasteiger partial charge in [-0.2, -0.15) is 0 Å². The largest absolute Gasteiger partial charge is 0.337 e. The second kappa shape index (κ2) is 5.51. The van der Waals surface area contributed by atoms with Gasteiger partial charge < -0.3 is 10.2 Å². The van der Waals surface area contributed by atoms with Gasteiger partial charge in [0.2, 0.25) is 11.8 Å². The number of carbonyl (C=O) groups excluding carboxylic acids is 1. The van der Waals surface area contributed by atoms with Gasteiger partial charge in [0, 0.05) is 38.4 Å². The van der Waals surface area contributed by atoms with E-state index in [1.54, 1.807) is 0 Å². The van der Waals surface area contributed by atoms with Crippen LogP contribution in [0, 0.1) is 5.92 Å². The molecule has 1 N–H and O–H groups in total. The predicted molar refractivity (Wildman–Crippen MR) is 65.6 cm³/mol. The Bertz CT molecular complexity index is 305. The Kier molecular flexibility index (Phi) is 4.20. The summed E-state index contributed by atoms with van der Waals surface area (Å²) in [6, 6.07) is 0.216. The summed E-state index contributed by atoms with van der Waals surface area (Å²) in [4.78, 5) is 14.2. The summed E-state index contributed by atoms with van der Waals surface area (Å²) in [6.45, 7) is 4.30. The zero-order valence-corrected chi connectivity index (χ0v) is 10.9. The third-order valence-electron chi connectivity index (χ3n) is 3.94. The van der Waals surface area contributed by atoms with Crippen LogP contribution >= 0.6 is 0 Å². The fourth-order valence-electron chi connectivity index (χ4n) is 2.82. The number of halogens is 2. The average Bonchev–Trinajstić information content (AvgIpc) is 2.23. The smallest absolute Gasteiger partial charge is 0.248 e. The Morgan fingerprint density at radius 3 is 2.67 bits per heavy atom. The van der Waals surface area contributed by atoms with E-state index in [1.807, 2.05) is 11.8 Å². The standard InChI is InChI=1S/C13H22F2N2O/c1-2-6-17(11-8-16-9-11)12(18)10-4-3-5-13(14,15)7-10/h10-11,16H,2-9H2,1H3. The molecule has 2 fully saturated rings. The molecule has 3 nitrogen and oxygen atoms in total. The summed E-state index contributed by atoms with van der Waals surface area (Å²) in [5, 5.41) is 3.13. The normalized spacial score (nSPS) is 27.6. The second-order valence-corrected chi connectivity index (χ2v) is 5.49. The molecule has 1 saturated carbocycles. The molecule has 104 valence electrons. The molecule has 0 aromatic heterocycles. The first-order valence-electron chi connectivity index (χ1n) is 6.92. The lowest BCUT2D eigenvalue weighted by Crippen LogP contribution is -2.60. The van der Waals surface area contributed by atoms with Gasteiger partial charge in [0.05, 0.1) is 6.04 Å². The van der Waals surface area contributed by atoms with Gasteiger partial charge in [0.25, 0.3) is 0 Å². The van der Waals surface area contributed by atoms with Crippen molar-refractivity contribution in [2.75, 3.05) is 19.6 Å². The second-order valence-electron chi connectivity index (χ2n) is 5.49. The highest BCUT2D eigenvalue weighted by atomic mass is 19.3. The van der Waals surface area contributed by atoms with E-state index in [1.165, 1.54) is 0 Å². The van der Waals surface area contributed by atoms with E-state index in [2.05, 4.69) is 5.32 Å². The van der Waals surface area contributed by atoms with E-state index in [0.29, 0.717) is 19.4 Å². The summed E-state index contributed by atoms with van der Waals surface area (Å²) < 4.78 is 26.8. The van der Waals surface area contributed by atoms with Crippen LogP contribution in [0.5, 0.6) is 0 Å². The van der Waals surface area contributed by atoms with Gasteiger partial charge in [0.15, 0.2) is 0 Å². The minimum Gasteiger partial charge on any atom is -0.337 e. The van der Waals surface area contributed by atoms with Gasteiger partial charge in [-0.1, -0.05) is 6.92 Å². The van der Waals surface area contributed by atoms with Gasteiger partial charge in [-0.15, -0.1) is 0 Å². The van der Waals surface area contributed by atoms with Gasteiger partial charge in [-0.3, -0.25) is 4.79 Å². The van der Waals surface area contributed by atoms with Gasteiger partial charge >= 0.3 is 0 Å². The van der Waals surface area contributed by atoms with Gasteiger partial charge in [-0.05, 0) is 19.3 Å². The molecule has 1 amide bonds. The molecule has 1 heterocycles. The van der Waals surface area contributed by atoms with Gasteiger partial charge in [0.1, 0.15) is 0 Å². The van der Waals surface area contributed by atoms with Crippen LogP contribution in [0.25, 0.3) is 0 Å². The van der Waals surface area contributed by atoms with Crippen molar-refractivity contribution in [2.45, 2.75) is 51.0 Å². The summed E-state index contributed by atoms with van der Waals surface area (Å²) >= 11 is 0. The molecule has 18 heavy (non-hydrogen) atoms. The Balaban J connectivity index is 1.98. The van der Waals surface area contributed by atoms with Crippen LogP contribution in [0.2, 0.25) is 0 Å². The molecule has 0 radical (unpaired) electrons. The van der Waals surface area contributed by atoms with Crippen molar-refractivity contribution in [1.82, 2.24) is 10.2 Å². The molecule has 1 aliphatic carbocycles. The number of hydrogen-bond acceptors (Lipinski definition) is 2. The number of amides is 1. The van der Waals surface area contributed by atoms with E-state index in [-0.39, 0.29) is 24.8 Å². The van der Waals surface area contributed by atoms with E-state index >= 15 is 0 Å². The maximum atomic E-state index is 13.4. The first-order chi connectivity index (χ1) is 8.53. The molecule has 1 aliphatic heterocycles. The van der Waals surface area contributed by atoms with Crippen molar-refractivity contribution in [1.29, 1.82) is 0 Å². The lowest BCUT2D eigenvalue weighted by atomic mass is 9.85. The lowest BCUT2D eigenvalue weighted by Gasteiger charge is -2.41. The number of nitrogens with one attached hydrogen (secondary N) is 1. The Morgan fingerprint density at radius 1 is 1.44 bits per heavy atom. The number of rotatable bonds is 4. The van der Waals surface area contributed by atoms with Crippen LogP contribution in [0.4, 0.5) is 8.78 Å². The molecule has 1 atom stereocenters. The minimum atomic E-state index is -2.64. The van der Waals surface area contributed by atoms with Gasteiger partial charge in [-0.25, -0.2) is 8.78 Å². The van der Waals surface area contributed by atoms with E-state index in [0.717, 1.165) is 19.5 Å². The SMILES string of the molecule is CCCN(C(=O)C1CCCC(F)(F)C1)C1CNC1.